The maximum Gasteiger partial charge on any atom is 0.232 e. The molecule has 1 aliphatic heterocycles. The van der Waals surface area contributed by atoms with Gasteiger partial charge in [0.1, 0.15) is 42.2 Å². The summed E-state index contributed by atoms with van der Waals surface area (Å²) in [4.78, 5) is 5.69. The number of nitrogens with zero attached hydrogens (tertiary/aromatic N) is 5. The number of fused-ring (bicyclic) bond motifs is 1. The molecule has 11 nitrogen and oxygen atoms in total. The lowest BCUT2D eigenvalue weighted by molar-refractivity contribution is -0.273. The van der Waals surface area contributed by atoms with Gasteiger partial charge in [0.05, 0.1) is 31.6 Å². The van der Waals surface area contributed by atoms with Crippen LogP contribution < -0.4 is 4.74 Å². The zero-order valence-electron chi connectivity index (χ0n) is 22.3. The number of pyridine rings is 1. The zero-order valence-corrected chi connectivity index (χ0v) is 23.1. The van der Waals surface area contributed by atoms with Crippen LogP contribution >= 0.6 is 11.3 Å². The van der Waals surface area contributed by atoms with E-state index in [-0.39, 0.29) is 25.7 Å². The fourth-order valence-corrected chi connectivity index (χ4v) is 5.45. The Morgan fingerprint density at radius 3 is 2.71 bits per heavy atom. The molecule has 0 radical (unpaired) electrons. The van der Waals surface area contributed by atoms with Gasteiger partial charge in [-0.3, -0.25) is 0 Å². The number of benzene rings is 2. The van der Waals surface area contributed by atoms with Crippen LogP contribution in [-0.2, 0) is 22.6 Å². The molecule has 0 unspecified atom stereocenters. The molecule has 5 aromatic rings. The molecule has 0 aliphatic carbocycles. The second-order valence-electron chi connectivity index (χ2n) is 9.77. The molecule has 1 fully saturated rings. The van der Waals surface area contributed by atoms with Crippen molar-refractivity contribution in [2.75, 3.05) is 13.2 Å². The summed E-state index contributed by atoms with van der Waals surface area (Å²) in [5.74, 6) is 0.236. The van der Waals surface area contributed by atoms with Gasteiger partial charge >= 0.3 is 0 Å². The Hall–Kier alpha value is -4.22. The van der Waals surface area contributed by atoms with Gasteiger partial charge in [-0.25, -0.2) is 9.67 Å². The first-order chi connectivity index (χ1) is 20.5. The van der Waals surface area contributed by atoms with E-state index in [0.717, 1.165) is 26.8 Å². The first-order valence-electron chi connectivity index (χ1n) is 13.3. The van der Waals surface area contributed by atoms with Crippen LogP contribution in [0.25, 0.3) is 32.5 Å². The number of aliphatic hydroxyl groups excluding tert-OH is 3. The molecule has 3 N–H and O–H groups in total. The smallest absolute Gasteiger partial charge is 0.232 e. The largest absolute Gasteiger partial charge is 0.475 e. The summed E-state index contributed by atoms with van der Waals surface area (Å²) in [5, 5.41) is 51.8. The number of rotatable bonds is 9. The molecule has 0 spiro atoms. The van der Waals surface area contributed by atoms with Crippen molar-refractivity contribution in [2.45, 2.75) is 37.8 Å². The highest BCUT2D eigenvalue weighted by Gasteiger charge is 2.38. The summed E-state index contributed by atoms with van der Waals surface area (Å²) in [6.45, 7) is 0.317. The number of aromatic nitrogens is 4. The second-order valence-corrected chi connectivity index (χ2v) is 10.7. The third-order valence-electron chi connectivity index (χ3n) is 6.92. The topological polar surface area (TPSA) is 156 Å². The van der Waals surface area contributed by atoms with Crippen molar-refractivity contribution in [1.29, 1.82) is 5.26 Å². The highest BCUT2D eigenvalue weighted by atomic mass is 32.1. The predicted octanol–water partition coefficient (Wildman–Crippen LogP) is 3.13. The third-order valence-corrected chi connectivity index (χ3v) is 7.83. The molecular formula is C30H27N5O6S. The van der Waals surface area contributed by atoms with Gasteiger partial charge in [0.25, 0.3) is 0 Å². The molecule has 3 aromatic heterocycles. The van der Waals surface area contributed by atoms with Crippen LogP contribution in [0.3, 0.4) is 0 Å². The number of thiophene rings is 1. The fraction of sp³-hybridized carbons (Fsp3) is 0.267. The highest BCUT2D eigenvalue weighted by molar-refractivity contribution is 7.13. The van der Waals surface area contributed by atoms with Crippen LogP contribution in [0.15, 0.2) is 72.2 Å². The van der Waals surface area contributed by atoms with Crippen molar-refractivity contribution in [3.63, 3.8) is 0 Å². The van der Waals surface area contributed by atoms with Gasteiger partial charge in [-0.2, -0.15) is 5.26 Å². The van der Waals surface area contributed by atoms with E-state index in [4.69, 9.17) is 19.2 Å². The summed E-state index contributed by atoms with van der Waals surface area (Å²) in [6.07, 6.45) is -3.36. The molecule has 2 aromatic carbocycles. The van der Waals surface area contributed by atoms with Crippen molar-refractivity contribution in [1.82, 2.24) is 20.0 Å². The van der Waals surface area contributed by atoms with Gasteiger partial charge in [-0.15, -0.1) is 16.4 Å². The molecule has 42 heavy (non-hydrogen) atoms. The van der Waals surface area contributed by atoms with Gasteiger partial charge < -0.3 is 29.5 Å². The number of nitriles is 1. The van der Waals surface area contributed by atoms with E-state index in [1.807, 2.05) is 41.8 Å². The van der Waals surface area contributed by atoms with Gasteiger partial charge in [0, 0.05) is 16.0 Å². The summed E-state index contributed by atoms with van der Waals surface area (Å²) >= 11 is 1.54. The van der Waals surface area contributed by atoms with E-state index < -0.39 is 24.6 Å². The SMILES string of the molecule is N#Cc1c(-c2cccs2)cc(-c2ccc3ccccc3c2)nc1OCCn1cc(CO[C@@H]2OC[C@@H](O)[C@H](O)[C@H]2O)nn1. The van der Waals surface area contributed by atoms with Crippen LogP contribution in [0.5, 0.6) is 5.88 Å². The van der Waals surface area contributed by atoms with E-state index in [1.165, 1.54) is 11.3 Å². The lowest BCUT2D eigenvalue weighted by Crippen LogP contribution is -2.53. The lowest BCUT2D eigenvalue weighted by atomic mass is 10.0. The van der Waals surface area contributed by atoms with Crippen LogP contribution in [0.2, 0.25) is 0 Å². The molecule has 1 aliphatic rings. The molecule has 12 heteroatoms. The number of aliphatic hydroxyl groups is 3. The number of hydrogen-bond donors (Lipinski definition) is 3. The average Bonchev–Trinajstić information content (AvgIpc) is 3.72. The average molecular weight is 586 g/mol. The first-order valence-corrected chi connectivity index (χ1v) is 14.2. The minimum Gasteiger partial charge on any atom is -0.475 e. The molecular weight excluding hydrogens is 558 g/mol. The van der Waals surface area contributed by atoms with Crippen molar-refractivity contribution in [3.8, 4) is 33.6 Å². The summed E-state index contributed by atoms with van der Waals surface area (Å²) in [5.41, 5.74) is 3.19. The van der Waals surface area contributed by atoms with E-state index >= 15 is 0 Å². The fourth-order valence-electron chi connectivity index (χ4n) is 4.70. The number of ether oxygens (including phenoxy) is 3. The molecule has 4 heterocycles. The quantitative estimate of drug-likeness (QED) is 0.235. The molecule has 0 bridgehead atoms. The summed E-state index contributed by atoms with van der Waals surface area (Å²) in [7, 11) is 0. The minimum absolute atomic E-state index is 0.0243. The summed E-state index contributed by atoms with van der Waals surface area (Å²) < 4.78 is 18.4. The standard InChI is InChI=1S/C30H27N5O6S/c31-14-23-22(26-6-3-11-42-26)13-24(20-8-7-18-4-1-2-5-19(18)12-20)32-29(23)39-10-9-35-15-21(33-34-35)16-40-30-28(38)27(37)25(36)17-41-30/h1-8,11-13,15,25,27-28,30,36-38H,9-10,16-17H2/t25-,27+,28-,30-/m1/s1. The minimum atomic E-state index is -1.39. The second kappa shape index (κ2) is 12.3. The van der Waals surface area contributed by atoms with Gasteiger partial charge in [0.15, 0.2) is 6.29 Å². The maximum atomic E-state index is 10.1. The molecule has 6 rings (SSSR count). The Kier molecular flexibility index (Phi) is 8.20. The van der Waals surface area contributed by atoms with E-state index in [9.17, 15) is 20.6 Å². The van der Waals surface area contributed by atoms with Crippen LogP contribution in [0.4, 0.5) is 0 Å². The van der Waals surface area contributed by atoms with Crippen LogP contribution in [0.1, 0.15) is 11.3 Å². The Bertz CT molecular complexity index is 1720. The van der Waals surface area contributed by atoms with Crippen molar-refractivity contribution in [2.24, 2.45) is 0 Å². The van der Waals surface area contributed by atoms with Gasteiger partial charge in [-0.1, -0.05) is 47.7 Å². The Morgan fingerprint density at radius 1 is 1.05 bits per heavy atom. The first kappa shape index (κ1) is 27.9. The molecule has 4 atom stereocenters. The molecule has 0 amide bonds. The highest BCUT2D eigenvalue weighted by Crippen LogP contribution is 2.36. The van der Waals surface area contributed by atoms with Crippen LogP contribution in [-0.4, -0.2) is 73.1 Å². The van der Waals surface area contributed by atoms with E-state index in [0.29, 0.717) is 23.5 Å². The predicted molar refractivity (Wildman–Crippen MR) is 153 cm³/mol. The molecule has 0 saturated carbocycles. The van der Waals surface area contributed by atoms with Crippen molar-refractivity contribution >= 4 is 22.1 Å². The monoisotopic (exact) mass is 585 g/mol. The van der Waals surface area contributed by atoms with E-state index in [1.54, 1.807) is 10.9 Å². The van der Waals surface area contributed by atoms with Gasteiger partial charge in [-0.05, 0) is 34.4 Å². The summed E-state index contributed by atoms with van der Waals surface area (Å²) in [6, 6.07) is 22.3. The van der Waals surface area contributed by atoms with Crippen molar-refractivity contribution in [3.05, 3.63) is 83.5 Å². The Balaban J connectivity index is 1.17. The zero-order chi connectivity index (χ0) is 29.1. The molecule has 1 saturated heterocycles. The maximum absolute atomic E-state index is 10.1. The van der Waals surface area contributed by atoms with E-state index in [2.05, 4.69) is 40.6 Å². The van der Waals surface area contributed by atoms with Gasteiger partial charge in [0.2, 0.25) is 5.88 Å². The normalized spacial score (nSPS) is 20.4. The lowest BCUT2D eigenvalue weighted by Gasteiger charge is -2.34. The van der Waals surface area contributed by atoms with Crippen molar-refractivity contribution < 1.29 is 29.5 Å². The Labute approximate surface area is 244 Å². The number of hydrogen-bond acceptors (Lipinski definition) is 11. The Morgan fingerprint density at radius 2 is 1.90 bits per heavy atom. The molecule has 214 valence electrons. The van der Waals surface area contributed by atoms with Crippen LogP contribution in [0, 0.1) is 11.3 Å². The third kappa shape index (κ3) is 5.88.